The van der Waals surface area contributed by atoms with Crippen LogP contribution < -0.4 is 15.4 Å². The molecule has 0 bridgehead atoms. The Bertz CT molecular complexity index is 851. The SMILES string of the molecule is CCCCCCCCCC(N(C)CN)C(C)(C)C.O=C(O)c1ccc(N2CC(F)(F)C2)c(OCC2CC2)n1. The average Bonchev–Trinajstić information content (AvgIpc) is 3.66. The number of ether oxygens (including phenoxy) is 1. The summed E-state index contributed by atoms with van der Waals surface area (Å²) in [6, 6.07) is 3.39. The summed E-state index contributed by atoms with van der Waals surface area (Å²) in [6.07, 6.45) is 13.2. The Kier molecular flexibility index (Phi) is 12.7. The molecule has 1 aliphatic heterocycles. The van der Waals surface area contributed by atoms with Crippen molar-refractivity contribution in [2.45, 2.75) is 104 Å². The van der Waals surface area contributed by atoms with Crippen LogP contribution in [0.2, 0.25) is 0 Å². The summed E-state index contributed by atoms with van der Waals surface area (Å²) in [5.41, 5.74) is 6.40. The smallest absolute Gasteiger partial charge is 0.354 e. The fraction of sp³-hybridized carbons (Fsp3) is 0.793. The molecule has 1 aliphatic carbocycles. The minimum absolute atomic E-state index is 0.132. The molecule has 1 saturated carbocycles. The quantitative estimate of drug-likeness (QED) is 0.196. The van der Waals surface area contributed by atoms with E-state index in [0.717, 1.165) is 12.8 Å². The number of nitrogens with zero attached hydrogens (tertiary/aromatic N) is 3. The number of carboxylic acid groups (broad SMARTS) is 1. The molecule has 3 N–H and O–H groups in total. The second kappa shape index (κ2) is 15.0. The molecule has 1 atom stereocenters. The molecule has 218 valence electrons. The molecule has 2 aliphatic rings. The van der Waals surface area contributed by atoms with Gasteiger partial charge in [0.2, 0.25) is 5.88 Å². The van der Waals surface area contributed by atoms with E-state index >= 15 is 0 Å². The van der Waals surface area contributed by atoms with Crippen molar-refractivity contribution in [2.75, 3.05) is 38.3 Å². The molecule has 0 amide bonds. The van der Waals surface area contributed by atoms with Gasteiger partial charge in [-0.1, -0.05) is 72.6 Å². The number of pyridine rings is 1. The van der Waals surface area contributed by atoms with E-state index in [1.54, 1.807) is 0 Å². The topological polar surface area (TPSA) is 91.9 Å². The van der Waals surface area contributed by atoms with Gasteiger partial charge in [-0.15, -0.1) is 0 Å². The summed E-state index contributed by atoms with van der Waals surface area (Å²) in [4.78, 5) is 18.6. The third-order valence-corrected chi connectivity index (χ3v) is 7.30. The summed E-state index contributed by atoms with van der Waals surface area (Å²) < 4.78 is 31.4. The molecule has 0 aromatic carbocycles. The van der Waals surface area contributed by atoms with Crippen LogP contribution in [-0.4, -0.2) is 66.3 Å². The molecule has 7 nitrogen and oxygen atoms in total. The molecule has 1 unspecified atom stereocenters. The number of halogens is 2. The van der Waals surface area contributed by atoms with Crippen LogP contribution in [-0.2, 0) is 0 Å². The maximum atomic E-state index is 12.9. The van der Waals surface area contributed by atoms with Gasteiger partial charge in [-0.3, -0.25) is 4.90 Å². The third kappa shape index (κ3) is 11.0. The van der Waals surface area contributed by atoms with Crippen LogP contribution in [0.1, 0.15) is 102 Å². The summed E-state index contributed by atoms with van der Waals surface area (Å²) >= 11 is 0. The highest BCUT2D eigenvalue weighted by Gasteiger charge is 2.45. The van der Waals surface area contributed by atoms with Crippen molar-refractivity contribution < 1.29 is 23.4 Å². The Morgan fingerprint density at radius 3 is 2.29 bits per heavy atom. The monoisotopic (exact) mass is 540 g/mol. The Morgan fingerprint density at radius 1 is 1.18 bits per heavy atom. The van der Waals surface area contributed by atoms with Crippen LogP contribution in [0, 0.1) is 11.3 Å². The number of anilines is 1. The van der Waals surface area contributed by atoms with Gasteiger partial charge in [0.15, 0.2) is 5.69 Å². The van der Waals surface area contributed by atoms with Gasteiger partial charge in [-0.05, 0) is 49.8 Å². The van der Waals surface area contributed by atoms with E-state index in [-0.39, 0.29) is 24.7 Å². The van der Waals surface area contributed by atoms with Crippen molar-refractivity contribution in [3.8, 4) is 5.88 Å². The molecule has 1 aromatic rings. The predicted octanol–water partition coefficient (Wildman–Crippen LogP) is 6.41. The molecule has 9 heteroatoms. The van der Waals surface area contributed by atoms with Crippen molar-refractivity contribution in [3.63, 3.8) is 0 Å². The van der Waals surface area contributed by atoms with Crippen LogP contribution in [0.4, 0.5) is 14.5 Å². The number of aromatic carboxylic acids is 1. The molecular formula is C29H50F2N4O3. The second-order valence-corrected chi connectivity index (χ2v) is 12.0. The number of aromatic nitrogens is 1. The highest BCUT2D eigenvalue weighted by Crippen LogP contribution is 2.38. The summed E-state index contributed by atoms with van der Waals surface area (Å²) in [5.74, 6) is -3.26. The fourth-order valence-electron chi connectivity index (χ4n) is 4.80. The van der Waals surface area contributed by atoms with Crippen LogP contribution in [0.3, 0.4) is 0 Å². The summed E-state index contributed by atoms with van der Waals surface area (Å²) in [6.45, 7) is 9.59. The van der Waals surface area contributed by atoms with Crippen LogP contribution in [0.5, 0.6) is 5.88 Å². The predicted molar refractivity (Wildman–Crippen MR) is 149 cm³/mol. The van der Waals surface area contributed by atoms with Crippen molar-refractivity contribution >= 4 is 11.7 Å². The average molecular weight is 541 g/mol. The van der Waals surface area contributed by atoms with Gasteiger partial charge in [-0.2, -0.15) is 0 Å². The van der Waals surface area contributed by atoms with Gasteiger partial charge in [0.05, 0.1) is 19.7 Å². The first-order valence-electron chi connectivity index (χ1n) is 14.3. The molecule has 1 saturated heterocycles. The lowest BCUT2D eigenvalue weighted by atomic mass is 9.83. The molecule has 0 radical (unpaired) electrons. The number of carboxylic acids is 1. The molecule has 3 rings (SSSR count). The number of alkyl halides is 2. The number of hydrogen-bond acceptors (Lipinski definition) is 6. The van der Waals surface area contributed by atoms with Gasteiger partial charge in [0.25, 0.3) is 5.92 Å². The number of nitrogens with two attached hydrogens (primary N) is 1. The lowest BCUT2D eigenvalue weighted by molar-refractivity contribution is -0.0265. The third-order valence-electron chi connectivity index (χ3n) is 7.30. The van der Waals surface area contributed by atoms with E-state index < -0.39 is 11.9 Å². The van der Waals surface area contributed by atoms with E-state index in [1.807, 2.05) is 0 Å². The zero-order chi connectivity index (χ0) is 28.3. The van der Waals surface area contributed by atoms with Crippen molar-refractivity contribution in [1.29, 1.82) is 0 Å². The lowest BCUT2D eigenvalue weighted by Gasteiger charge is -2.40. The van der Waals surface area contributed by atoms with Crippen molar-refractivity contribution in [1.82, 2.24) is 9.88 Å². The van der Waals surface area contributed by atoms with E-state index in [0.29, 0.717) is 36.3 Å². The van der Waals surface area contributed by atoms with E-state index in [2.05, 4.69) is 44.6 Å². The fourth-order valence-corrected chi connectivity index (χ4v) is 4.80. The largest absolute Gasteiger partial charge is 0.477 e. The summed E-state index contributed by atoms with van der Waals surface area (Å²) in [5, 5.41) is 8.93. The first kappa shape index (κ1) is 32.2. The number of rotatable bonds is 15. The molecular weight excluding hydrogens is 490 g/mol. The molecule has 0 spiro atoms. The maximum absolute atomic E-state index is 12.9. The Balaban J connectivity index is 0.000000269. The van der Waals surface area contributed by atoms with Gasteiger partial charge >= 0.3 is 5.97 Å². The van der Waals surface area contributed by atoms with Gasteiger partial charge in [-0.25, -0.2) is 18.6 Å². The Labute approximate surface area is 228 Å². The lowest BCUT2D eigenvalue weighted by Crippen LogP contribution is -2.56. The Hall–Kier alpha value is -2.00. The normalized spacial score (nSPS) is 17.4. The van der Waals surface area contributed by atoms with E-state index in [1.165, 1.54) is 68.4 Å². The molecule has 2 fully saturated rings. The highest BCUT2D eigenvalue weighted by molar-refractivity contribution is 5.86. The minimum atomic E-state index is -2.70. The van der Waals surface area contributed by atoms with Crippen molar-refractivity contribution in [3.05, 3.63) is 17.8 Å². The summed E-state index contributed by atoms with van der Waals surface area (Å²) in [7, 11) is 2.15. The van der Waals surface area contributed by atoms with Crippen molar-refractivity contribution in [2.24, 2.45) is 17.1 Å². The highest BCUT2D eigenvalue weighted by atomic mass is 19.3. The van der Waals surface area contributed by atoms with E-state index in [9.17, 15) is 13.6 Å². The van der Waals surface area contributed by atoms with Crippen LogP contribution in [0.15, 0.2) is 12.1 Å². The number of carbonyl (C=O) groups is 1. The van der Waals surface area contributed by atoms with Crippen LogP contribution in [0.25, 0.3) is 0 Å². The molecule has 38 heavy (non-hydrogen) atoms. The maximum Gasteiger partial charge on any atom is 0.354 e. The number of hydrogen-bond donors (Lipinski definition) is 2. The standard InChI is InChI=1S/C16H36N2.C13H14F2N2O3/c1-6-7-8-9-10-11-12-13-15(16(2,3)4)18(5)14-17;14-13(15)6-17(7-13)10-4-3-9(12(18)19)16-11(10)20-5-8-1-2-8/h15H,6-14,17H2,1-5H3;3-4,8H,1-2,5-7H2,(H,18,19). The van der Waals surface area contributed by atoms with Crippen LogP contribution >= 0.6 is 0 Å². The Morgan fingerprint density at radius 2 is 1.79 bits per heavy atom. The van der Waals surface area contributed by atoms with Gasteiger partial charge in [0, 0.05) is 12.7 Å². The molecule has 2 heterocycles. The van der Waals surface area contributed by atoms with E-state index in [4.69, 9.17) is 15.6 Å². The molecule has 1 aromatic heterocycles. The van der Waals surface area contributed by atoms with Gasteiger partial charge < -0.3 is 20.5 Å². The van der Waals surface area contributed by atoms with Gasteiger partial charge in [0.1, 0.15) is 5.69 Å². The first-order valence-corrected chi connectivity index (χ1v) is 14.3. The second-order valence-electron chi connectivity index (χ2n) is 12.0. The zero-order valence-corrected chi connectivity index (χ0v) is 24.1. The first-order chi connectivity index (χ1) is 17.9. The number of unbranched alkanes of at least 4 members (excludes halogenated alkanes) is 6. The minimum Gasteiger partial charge on any atom is -0.477 e. The zero-order valence-electron chi connectivity index (χ0n) is 24.1.